The molecule has 3 aliphatic rings. The number of hydrogen-bond donors (Lipinski definition) is 0. The highest BCUT2D eigenvalue weighted by Gasteiger charge is 2.45. The van der Waals surface area contributed by atoms with Crippen LogP contribution >= 0.6 is 0 Å². The summed E-state index contributed by atoms with van der Waals surface area (Å²) >= 11 is 0. The van der Waals surface area contributed by atoms with Crippen molar-refractivity contribution in [2.24, 2.45) is 5.92 Å². The summed E-state index contributed by atoms with van der Waals surface area (Å²) < 4.78 is 6.61. The standard InChI is InChI=1S/C22H30N2O3/c1-23(2)20(25)15-18-14-17-6-3-4-9-19(17)22(27-18)10-12-24(13-11-22)21(26)16-7-5-8-16/h3-4,6,9,16,18H,5,7-8,10-15H2,1-2H3. The molecule has 1 saturated heterocycles. The molecule has 146 valence electrons. The minimum atomic E-state index is -0.359. The summed E-state index contributed by atoms with van der Waals surface area (Å²) in [5.41, 5.74) is 2.19. The van der Waals surface area contributed by atoms with Crippen LogP contribution in [-0.4, -0.2) is 54.9 Å². The highest BCUT2D eigenvalue weighted by atomic mass is 16.5. The van der Waals surface area contributed by atoms with Gasteiger partial charge in [0.25, 0.3) is 0 Å². The zero-order valence-corrected chi connectivity index (χ0v) is 16.4. The lowest BCUT2D eigenvalue weighted by Crippen LogP contribution is -2.52. The van der Waals surface area contributed by atoms with Crippen molar-refractivity contribution in [3.05, 3.63) is 35.4 Å². The van der Waals surface area contributed by atoms with Gasteiger partial charge in [0.05, 0.1) is 18.1 Å². The van der Waals surface area contributed by atoms with Crippen molar-refractivity contribution in [3.63, 3.8) is 0 Å². The molecule has 5 heteroatoms. The first-order valence-electron chi connectivity index (χ1n) is 10.2. The zero-order valence-electron chi connectivity index (χ0n) is 16.4. The molecule has 1 aromatic carbocycles. The fourth-order valence-electron chi connectivity index (χ4n) is 4.69. The Labute approximate surface area is 161 Å². The van der Waals surface area contributed by atoms with Crippen LogP contribution in [0.1, 0.15) is 49.7 Å². The van der Waals surface area contributed by atoms with E-state index in [0.717, 1.165) is 45.2 Å². The Kier molecular flexibility index (Phi) is 4.97. The summed E-state index contributed by atoms with van der Waals surface area (Å²) in [4.78, 5) is 28.5. The van der Waals surface area contributed by atoms with Crippen LogP contribution in [0.25, 0.3) is 0 Å². The molecule has 4 rings (SSSR count). The molecule has 5 nitrogen and oxygen atoms in total. The quantitative estimate of drug-likeness (QED) is 0.822. The van der Waals surface area contributed by atoms with Crippen LogP contribution in [0.2, 0.25) is 0 Å². The molecule has 2 fully saturated rings. The fourth-order valence-corrected chi connectivity index (χ4v) is 4.69. The largest absolute Gasteiger partial charge is 0.366 e. The Hall–Kier alpha value is -1.88. The van der Waals surface area contributed by atoms with Crippen LogP contribution in [-0.2, 0) is 26.3 Å². The number of amides is 2. The number of hydrogen-bond acceptors (Lipinski definition) is 3. The highest BCUT2D eigenvalue weighted by Crippen LogP contribution is 2.44. The molecule has 2 amide bonds. The molecular formula is C22H30N2O3. The molecule has 0 N–H and O–H groups in total. The number of likely N-dealkylation sites (tertiary alicyclic amines) is 1. The average Bonchev–Trinajstić information content (AvgIpc) is 2.61. The van der Waals surface area contributed by atoms with Gasteiger partial charge in [0, 0.05) is 33.1 Å². The van der Waals surface area contributed by atoms with Crippen molar-refractivity contribution in [2.75, 3.05) is 27.2 Å². The number of fused-ring (bicyclic) bond motifs is 2. The van der Waals surface area contributed by atoms with Gasteiger partial charge in [-0.3, -0.25) is 9.59 Å². The maximum absolute atomic E-state index is 12.6. The molecule has 2 heterocycles. The van der Waals surface area contributed by atoms with Crippen molar-refractivity contribution in [1.82, 2.24) is 9.80 Å². The van der Waals surface area contributed by atoms with E-state index >= 15 is 0 Å². The van der Waals surface area contributed by atoms with Gasteiger partial charge in [-0.05, 0) is 43.2 Å². The average molecular weight is 370 g/mol. The van der Waals surface area contributed by atoms with Crippen LogP contribution in [0.4, 0.5) is 0 Å². The molecule has 1 saturated carbocycles. The minimum Gasteiger partial charge on any atom is -0.366 e. The van der Waals surface area contributed by atoms with Crippen molar-refractivity contribution in [2.45, 2.75) is 56.7 Å². The van der Waals surface area contributed by atoms with Crippen LogP contribution < -0.4 is 0 Å². The van der Waals surface area contributed by atoms with E-state index in [-0.39, 0.29) is 23.5 Å². The second-order valence-electron chi connectivity index (χ2n) is 8.54. The number of carbonyl (C=O) groups is 2. The molecule has 0 bridgehead atoms. The Bertz CT molecular complexity index is 718. The summed E-state index contributed by atoms with van der Waals surface area (Å²) in [5.74, 6) is 0.690. The van der Waals surface area contributed by atoms with Gasteiger partial charge in [0.15, 0.2) is 0 Å². The monoisotopic (exact) mass is 370 g/mol. The number of piperidine rings is 1. The molecule has 1 spiro atoms. The van der Waals surface area contributed by atoms with Crippen molar-refractivity contribution in [1.29, 1.82) is 0 Å². The van der Waals surface area contributed by atoms with Crippen molar-refractivity contribution < 1.29 is 14.3 Å². The van der Waals surface area contributed by atoms with Gasteiger partial charge < -0.3 is 14.5 Å². The molecule has 1 aliphatic carbocycles. The molecule has 27 heavy (non-hydrogen) atoms. The first-order valence-corrected chi connectivity index (χ1v) is 10.2. The third-order valence-electron chi connectivity index (χ3n) is 6.59. The summed E-state index contributed by atoms with van der Waals surface area (Å²) in [6.07, 6.45) is 6.01. The van der Waals surface area contributed by atoms with E-state index in [0.29, 0.717) is 12.3 Å². The van der Waals surface area contributed by atoms with Crippen LogP contribution in [0.5, 0.6) is 0 Å². The Morgan fingerprint density at radius 2 is 1.89 bits per heavy atom. The predicted molar refractivity (Wildman–Crippen MR) is 103 cm³/mol. The van der Waals surface area contributed by atoms with Crippen molar-refractivity contribution in [3.8, 4) is 0 Å². The lowest BCUT2D eigenvalue weighted by molar-refractivity contribution is -0.161. The van der Waals surface area contributed by atoms with E-state index in [9.17, 15) is 9.59 Å². The van der Waals surface area contributed by atoms with Gasteiger partial charge in [-0.2, -0.15) is 0 Å². The van der Waals surface area contributed by atoms with E-state index in [1.165, 1.54) is 17.5 Å². The lowest BCUT2D eigenvalue weighted by Gasteiger charge is -2.48. The molecular weight excluding hydrogens is 340 g/mol. The van der Waals surface area contributed by atoms with Gasteiger partial charge in [-0.1, -0.05) is 30.7 Å². The Morgan fingerprint density at radius 1 is 1.19 bits per heavy atom. The zero-order chi connectivity index (χ0) is 19.0. The SMILES string of the molecule is CN(C)C(=O)CC1Cc2ccccc2C2(CCN(C(=O)C3CCC3)CC2)O1. The lowest BCUT2D eigenvalue weighted by atomic mass is 9.77. The van der Waals surface area contributed by atoms with Crippen LogP contribution in [0, 0.1) is 5.92 Å². The first-order chi connectivity index (χ1) is 13.0. The van der Waals surface area contributed by atoms with Crippen LogP contribution in [0.3, 0.4) is 0 Å². The minimum absolute atomic E-state index is 0.0938. The number of carbonyl (C=O) groups excluding carboxylic acids is 2. The summed E-state index contributed by atoms with van der Waals surface area (Å²) in [5, 5.41) is 0. The first kappa shape index (κ1) is 18.5. The number of ether oxygens (including phenoxy) is 1. The van der Waals surface area contributed by atoms with Gasteiger partial charge in [-0.15, -0.1) is 0 Å². The molecule has 2 aliphatic heterocycles. The smallest absolute Gasteiger partial charge is 0.225 e. The summed E-state index contributed by atoms with van der Waals surface area (Å²) in [6, 6.07) is 8.47. The maximum Gasteiger partial charge on any atom is 0.225 e. The van der Waals surface area contributed by atoms with E-state index < -0.39 is 0 Å². The number of benzene rings is 1. The third-order valence-corrected chi connectivity index (χ3v) is 6.59. The number of rotatable bonds is 3. The second kappa shape index (κ2) is 7.27. The van der Waals surface area contributed by atoms with E-state index in [1.807, 2.05) is 4.90 Å². The highest BCUT2D eigenvalue weighted by molar-refractivity contribution is 5.79. The van der Waals surface area contributed by atoms with E-state index in [4.69, 9.17) is 4.74 Å². The molecule has 1 aromatic rings. The predicted octanol–water partition coefficient (Wildman–Crippen LogP) is 2.72. The number of nitrogens with zero attached hydrogens (tertiary/aromatic N) is 2. The fraction of sp³-hybridized carbons (Fsp3) is 0.636. The molecule has 1 atom stereocenters. The van der Waals surface area contributed by atoms with Crippen molar-refractivity contribution >= 4 is 11.8 Å². The molecule has 0 radical (unpaired) electrons. The normalized spacial score (nSPS) is 24.2. The summed E-state index contributed by atoms with van der Waals surface area (Å²) in [6.45, 7) is 1.50. The Morgan fingerprint density at radius 3 is 2.52 bits per heavy atom. The molecule has 0 aromatic heterocycles. The van der Waals surface area contributed by atoms with Crippen LogP contribution in [0.15, 0.2) is 24.3 Å². The van der Waals surface area contributed by atoms with Gasteiger partial charge >= 0.3 is 0 Å². The topological polar surface area (TPSA) is 49.9 Å². The second-order valence-corrected chi connectivity index (χ2v) is 8.54. The van der Waals surface area contributed by atoms with Gasteiger partial charge in [-0.25, -0.2) is 0 Å². The summed E-state index contributed by atoms with van der Waals surface area (Å²) in [7, 11) is 3.58. The maximum atomic E-state index is 12.6. The van der Waals surface area contributed by atoms with Gasteiger partial charge in [0.1, 0.15) is 0 Å². The third kappa shape index (κ3) is 3.49. The van der Waals surface area contributed by atoms with E-state index in [1.54, 1.807) is 19.0 Å². The molecule has 1 unspecified atom stereocenters. The Balaban J connectivity index is 1.52. The van der Waals surface area contributed by atoms with Gasteiger partial charge in [0.2, 0.25) is 11.8 Å². The van der Waals surface area contributed by atoms with E-state index in [2.05, 4.69) is 24.3 Å².